The zero-order valence-corrected chi connectivity index (χ0v) is 9.36. The van der Waals surface area contributed by atoms with Gasteiger partial charge in [-0.05, 0) is 19.4 Å². The number of methoxy groups -OCH3 is 1. The first-order chi connectivity index (χ1) is 7.67. The number of hydrogen-bond acceptors (Lipinski definition) is 5. The standard InChI is InChI=1S/C10H13FN4O/c1-4-7(2)5-13-15-9-8(11)6-12-10(14-9)16-3/h4-6H,1-3H3,(H,12,14,15)/b7-4+,13-5+. The third-order valence-corrected chi connectivity index (χ3v) is 1.80. The molecule has 0 bridgehead atoms. The summed E-state index contributed by atoms with van der Waals surface area (Å²) in [5.41, 5.74) is 3.43. The second-order valence-corrected chi connectivity index (χ2v) is 2.96. The lowest BCUT2D eigenvalue weighted by Crippen LogP contribution is -2.00. The molecule has 16 heavy (non-hydrogen) atoms. The van der Waals surface area contributed by atoms with E-state index in [1.165, 1.54) is 7.11 Å². The van der Waals surface area contributed by atoms with Gasteiger partial charge in [-0.15, -0.1) is 0 Å². The highest BCUT2D eigenvalue weighted by Crippen LogP contribution is 2.12. The number of allylic oxidation sites excluding steroid dienone is 2. The molecule has 1 heterocycles. The number of halogens is 1. The quantitative estimate of drug-likeness (QED) is 0.627. The SMILES string of the molecule is C/C=C(C)/C=N/Nc1nc(OC)ncc1F. The van der Waals surface area contributed by atoms with E-state index in [0.29, 0.717) is 0 Å². The Kier molecular flexibility index (Phi) is 4.38. The van der Waals surface area contributed by atoms with Gasteiger partial charge < -0.3 is 4.74 Å². The fourth-order valence-corrected chi connectivity index (χ4v) is 0.797. The Bertz CT molecular complexity index is 417. The second-order valence-electron chi connectivity index (χ2n) is 2.96. The molecule has 0 saturated carbocycles. The zero-order chi connectivity index (χ0) is 12.0. The van der Waals surface area contributed by atoms with E-state index in [-0.39, 0.29) is 11.8 Å². The van der Waals surface area contributed by atoms with Crippen LogP contribution in [0, 0.1) is 5.82 Å². The molecule has 0 amide bonds. The summed E-state index contributed by atoms with van der Waals surface area (Å²) in [6, 6.07) is 0.0851. The van der Waals surface area contributed by atoms with Crippen LogP contribution in [0.3, 0.4) is 0 Å². The van der Waals surface area contributed by atoms with E-state index in [2.05, 4.69) is 20.5 Å². The van der Waals surface area contributed by atoms with Crippen LogP contribution in [-0.4, -0.2) is 23.3 Å². The largest absolute Gasteiger partial charge is 0.467 e. The van der Waals surface area contributed by atoms with Crippen LogP contribution in [0.4, 0.5) is 10.2 Å². The summed E-state index contributed by atoms with van der Waals surface area (Å²) >= 11 is 0. The number of rotatable bonds is 4. The molecule has 0 aromatic carbocycles. The Labute approximate surface area is 93.1 Å². The highest BCUT2D eigenvalue weighted by molar-refractivity contribution is 5.78. The molecular formula is C10H13FN4O. The number of nitrogens with zero attached hydrogens (tertiary/aromatic N) is 3. The van der Waals surface area contributed by atoms with Gasteiger partial charge in [0.1, 0.15) is 0 Å². The van der Waals surface area contributed by atoms with E-state index in [1.54, 1.807) is 6.21 Å². The Morgan fingerprint density at radius 1 is 1.62 bits per heavy atom. The van der Waals surface area contributed by atoms with E-state index in [4.69, 9.17) is 4.74 Å². The summed E-state index contributed by atoms with van der Waals surface area (Å²) in [6.07, 6.45) is 4.46. The van der Waals surface area contributed by atoms with Crippen molar-refractivity contribution in [2.45, 2.75) is 13.8 Å². The lowest BCUT2D eigenvalue weighted by molar-refractivity contribution is 0.377. The van der Waals surface area contributed by atoms with Crippen LogP contribution in [0.25, 0.3) is 0 Å². The van der Waals surface area contributed by atoms with Crippen LogP contribution < -0.4 is 10.2 Å². The van der Waals surface area contributed by atoms with Gasteiger partial charge in [0, 0.05) is 6.21 Å². The monoisotopic (exact) mass is 224 g/mol. The van der Waals surface area contributed by atoms with E-state index in [0.717, 1.165) is 11.8 Å². The highest BCUT2D eigenvalue weighted by Gasteiger charge is 2.05. The molecule has 0 fully saturated rings. The zero-order valence-electron chi connectivity index (χ0n) is 9.36. The maximum atomic E-state index is 13.2. The molecule has 86 valence electrons. The highest BCUT2D eigenvalue weighted by atomic mass is 19.1. The number of anilines is 1. The van der Waals surface area contributed by atoms with Crippen molar-refractivity contribution in [2.75, 3.05) is 12.5 Å². The van der Waals surface area contributed by atoms with Gasteiger partial charge in [0.25, 0.3) is 0 Å². The first-order valence-corrected chi connectivity index (χ1v) is 4.66. The fourth-order valence-electron chi connectivity index (χ4n) is 0.797. The minimum absolute atomic E-state index is 0.0213. The van der Waals surface area contributed by atoms with Gasteiger partial charge in [0.2, 0.25) is 0 Å². The van der Waals surface area contributed by atoms with Crippen molar-refractivity contribution in [2.24, 2.45) is 5.10 Å². The van der Waals surface area contributed by atoms with Crippen molar-refractivity contribution < 1.29 is 9.13 Å². The van der Waals surface area contributed by atoms with Crippen molar-refractivity contribution in [1.29, 1.82) is 0 Å². The molecule has 6 heteroatoms. The minimum atomic E-state index is -0.587. The average Bonchev–Trinajstić information content (AvgIpc) is 2.31. The number of hydrazone groups is 1. The van der Waals surface area contributed by atoms with Gasteiger partial charge in [-0.3, -0.25) is 5.43 Å². The first-order valence-electron chi connectivity index (χ1n) is 4.66. The summed E-state index contributed by atoms with van der Waals surface area (Å²) < 4.78 is 17.9. The summed E-state index contributed by atoms with van der Waals surface area (Å²) in [6.45, 7) is 3.76. The molecule has 1 N–H and O–H groups in total. The lowest BCUT2D eigenvalue weighted by Gasteiger charge is -2.02. The minimum Gasteiger partial charge on any atom is -0.467 e. The molecular weight excluding hydrogens is 211 g/mol. The van der Waals surface area contributed by atoms with Crippen molar-refractivity contribution in [3.05, 3.63) is 23.7 Å². The molecule has 0 aliphatic carbocycles. The van der Waals surface area contributed by atoms with Crippen LogP contribution in [0.5, 0.6) is 6.01 Å². The number of ether oxygens (including phenoxy) is 1. The smallest absolute Gasteiger partial charge is 0.318 e. The van der Waals surface area contributed by atoms with Crippen molar-refractivity contribution >= 4 is 12.0 Å². The summed E-state index contributed by atoms with van der Waals surface area (Å²) in [7, 11) is 1.41. The van der Waals surface area contributed by atoms with Crippen LogP contribution >= 0.6 is 0 Å². The Morgan fingerprint density at radius 2 is 2.38 bits per heavy atom. The third-order valence-electron chi connectivity index (χ3n) is 1.80. The van der Waals surface area contributed by atoms with Gasteiger partial charge in [-0.1, -0.05) is 6.08 Å². The van der Waals surface area contributed by atoms with E-state index < -0.39 is 5.82 Å². The predicted molar refractivity (Wildman–Crippen MR) is 60.1 cm³/mol. The molecule has 1 aromatic rings. The maximum absolute atomic E-state index is 13.2. The second kappa shape index (κ2) is 5.79. The van der Waals surface area contributed by atoms with E-state index >= 15 is 0 Å². The van der Waals surface area contributed by atoms with Crippen molar-refractivity contribution in [3.8, 4) is 6.01 Å². The van der Waals surface area contributed by atoms with Crippen LogP contribution in [0.1, 0.15) is 13.8 Å². The van der Waals surface area contributed by atoms with Crippen LogP contribution in [0.15, 0.2) is 22.9 Å². The predicted octanol–water partition coefficient (Wildman–Crippen LogP) is 1.99. The van der Waals surface area contributed by atoms with Crippen molar-refractivity contribution in [3.63, 3.8) is 0 Å². The molecule has 0 aliphatic rings. The lowest BCUT2D eigenvalue weighted by atomic mass is 10.3. The molecule has 5 nitrogen and oxygen atoms in total. The van der Waals surface area contributed by atoms with Gasteiger partial charge in [-0.25, -0.2) is 9.37 Å². The molecule has 0 saturated heterocycles. The average molecular weight is 224 g/mol. The van der Waals surface area contributed by atoms with Gasteiger partial charge in [0.05, 0.1) is 13.3 Å². The number of aromatic nitrogens is 2. The summed E-state index contributed by atoms with van der Waals surface area (Å²) in [4.78, 5) is 7.37. The van der Waals surface area contributed by atoms with Gasteiger partial charge >= 0.3 is 6.01 Å². The van der Waals surface area contributed by atoms with Crippen LogP contribution in [0.2, 0.25) is 0 Å². The van der Waals surface area contributed by atoms with Crippen LogP contribution in [-0.2, 0) is 0 Å². The fraction of sp³-hybridized carbons (Fsp3) is 0.300. The Hall–Kier alpha value is -1.98. The van der Waals surface area contributed by atoms with Gasteiger partial charge in [-0.2, -0.15) is 10.1 Å². The number of nitrogens with one attached hydrogen (secondary N) is 1. The molecule has 1 aromatic heterocycles. The molecule has 0 atom stereocenters. The Morgan fingerprint density at radius 3 is 3.00 bits per heavy atom. The topological polar surface area (TPSA) is 59.4 Å². The first kappa shape index (κ1) is 12.1. The molecule has 0 spiro atoms. The summed E-state index contributed by atoms with van der Waals surface area (Å²) in [5, 5.41) is 3.82. The number of hydrogen-bond donors (Lipinski definition) is 1. The summed E-state index contributed by atoms with van der Waals surface area (Å²) in [5.74, 6) is -0.608. The molecule has 0 radical (unpaired) electrons. The van der Waals surface area contributed by atoms with E-state index in [9.17, 15) is 4.39 Å². The van der Waals surface area contributed by atoms with E-state index in [1.807, 2.05) is 19.9 Å². The normalized spacial score (nSPS) is 11.9. The maximum Gasteiger partial charge on any atom is 0.318 e. The Balaban J connectivity index is 2.76. The molecule has 1 rings (SSSR count). The third kappa shape index (κ3) is 3.30. The molecule has 0 unspecified atom stereocenters. The van der Waals surface area contributed by atoms with Crippen molar-refractivity contribution in [1.82, 2.24) is 9.97 Å². The molecule has 0 aliphatic heterocycles. The van der Waals surface area contributed by atoms with Gasteiger partial charge in [0.15, 0.2) is 11.6 Å².